The lowest BCUT2D eigenvalue weighted by Gasteiger charge is -2.40. The topological polar surface area (TPSA) is 107 Å². The van der Waals surface area contributed by atoms with E-state index in [1.54, 1.807) is 0 Å². The van der Waals surface area contributed by atoms with E-state index in [1.165, 1.54) is 25.4 Å². The van der Waals surface area contributed by atoms with Crippen LogP contribution >= 0.6 is 10.2 Å². The van der Waals surface area contributed by atoms with Gasteiger partial charge in [0.2, 0.25) is 0 Å². The Morgan fingerprint density at radius 2 is 1.88 bits per heavy atom. The van der Waals surface area contributed by atoms with E-state index in [-0.39, 0.29) is 36.3 Å². The van der Waals surface area contributed by atoms with Crippen molar-refractivity contribution in [2.45, 2.75) is 29.5 Å². The molecule has 8 nitrogen and oxygen atoms in total. The molecule has 1 N–H and O–H groups in total. The summed E-state index contributed by atoms with van der Waals surface area (Å²) >= 11 is 0. The van der Waals surface area contributed by atoms with Gasteiger partial charge in [-0.05, 0) is 30.3 Å². The molecule has 0 bridgehead atoms. The van der Waals surface area contributed by atoms with Gasteiger partial charge in [-0.25, -0.2) is 4.79 Å². The average molecular weight is 506 g/mol. The van der Waals surface area contributed by atoms with Crippen LogP contribution in [0.15, 0.2) is 53.7 Å². The van der Waals surface area contributed by atoms with Gasteiger partial charge in [-0.15, -0.1) is 0 Å². The van der Waals surface area contributed by atoms with Gasteiger partial charge in [-0.2, -0.15) is 5.26 Å². The molecule has 2 aromatic rings. The third kappa shape index (κ3) is 5.20. The van der Waals surface area contributed by atoms with Gasteiger partial charge in [0.25, 0.3) is 5.91 Å². The molecule has 0 spiro atoms. The van der Waals surface area contributed by atoms with Crippen molar-refractivity contribution in [3.8, 4) is 6.19 Å². The zero-order chi connectivity index (χ0) is 25.4. The van der Waals surface area contributed by atoms with Crippen molar-refractivity contribution in [1.82, 2.24) is 9.88 Å². The van der Waals surface area contributed by atoms with Crippen LogP contribution in [0.1, 0.15) is 18.0 Å². The van der Waals surface area contributed by atoms with Crippen LogP contribution < -0.4 is 4.90 Å². The monoisotopic (exact) mass is 506 g/mol. The fourth-order valence-electron chi connectivity index (χ4n) is 3.68. The molecule has 1 amide bonds. The first-order valence-corrected chi connectivity index (χ1v) is 11.6. The molecule has 2 heterocycles. The maximum absolute atomic E-state index is 13.5. The molecule has 1 aliphatic heterocycles. The minimum Gasteiger partial charge on any atom is -0.479 e. The summed E-state index contributed by atoms with van der Waals surface area (Å²) in [6.45, 7) is 0.0328. The lowest BCUT2D eigenvalue weighted by atomic mass is 10.0. The number of pyridine rings is 1. The number of carbonyl (C=O) groups excluding carboxylic acids is 1. The number of ether oxygens (including phenoxy) is 1. The first-order chi connectivity index (χ1) is 15.7. The highest BCUT2D eigenvalue weighted by Gasteiger charge is 2.65. The van der Waals surface area contributed by atoms with Crippen molar-refractivity contribution in [2.24, 2.45) is 0 Å². The van der Waals surface area contributed by atoms with Crippen molar-refractivity contribution in [3.05, 3.63) is 54.4 Å². The Bertz CT molecular complexity index is 1130. The summed E-state index contributed by atoms with van der Waals surface area (Å²) in [5, 5.41) is 19.3. The van der Waals surface area contributed by atoms with E-state index in [1.807, 2.05) is 6.19 Å². The van der Waals surface area contributed by atoms with Crippen LogP contribution in [0, 0.1) is 11.5 Å². The maximum Gasteiger partial charge on any atom is 0.331 e. The number of rotatable bonds is 7. The van der Waals surface area contributed by atoms with E-state index in [0.717, 1.165) is 11.1 Å². The Kier molecular flexibility index (Phi) is 6.00. The fraction of sp³-hybridized carbons (Fsp3) is 0.300. The van der Waals surface area contributed by atoms with E-state index in [4.69, 9.17) is 4.74 Å². The second-order valence-electron chi connectivity index (χ2n) is 7.56. The number of nitriles is 1. The number of carbonyl (C=O) groups is 2. The predicted molar refractivity (Wildman–Crippen MR) is 111 cm³/mol. The SMILES string of the molecule is CO[C@@H]1C[C@H](C(=O)N(c2ccc(S(F)(F)(F)(F)F)cc2)C(C(=O)O)c2cccnc2)N(C#N)C1. The number of halogens is 5. The smallest absolute Gasteiger partial charge is 0.331 e. The highest BCUT2D eigenvalue weighted by molar-refractivity contribution is 8.45. The molecule has 0 saturated carbocycles. The molecule has 14 heteroatoms. The van der Waals surface area contributed by atoms with E-state index >= 15 is 0 Å². The number of anilines is 1. The minimum atomic E-state index is -10.0. The lowest BCUT2D eigenvalue weighted by molar-refractivity contribution is -0.140. The molecular weight excluding hydrogens is 487 g/mol. The number of aromatic nitrogens is 1. The van der Waals surface area contributed by atoms with Crippen LogP contribution in [0.4, 0.5) is 25.1 Å². The first kappa shape index (κ1) is 25.2. The van der Waals surface area contributed by atoms with Crippen molar-refractivity contribution < 1.29 is 38.9 Å². The van der Waals surface area contributed by atoms with Gasteiger partial charge in [-0.1, -0.05) is 25.5 Å². The largest absolute Gasteiger partial charge is 0.479 e. The molecule has 1 aliphatic rings. The predicted octanol–water partition coefficient (Wildman–Crippen LogP) is 4.47. The van der Waals surface area contributed by atoms with Crippen LogP contribution in [-0.2, 0) is 14.3 Å². The van der Waals surface area contributed by atoms with Crippen LogP contribution in [0.3, 0.4) is 0 Å². The standard InChI is InChI=1S/C20H19F5N4O4S/c1-33-15-9-17(28(11-15)12-26)19(30)29(18(20(31)32)13-3-2-8-27-10-13)14-4-6-16(7-5-14)34(21,22,23,24)25/h2-8,10,15,17-18H,9,11H2,1H3,(H,31,32)/t15-,17-,18?/m1/s1. The van der Waals surface area contributed by atoms with Crippen LogP contribution in [0.5, 0.6) is 0 Å². The van der Waals surface area contributed by atoms with Crippen molar-refractivity contribution in [3.63, 3.8) is 0 Å². The molecule has 184 valence electrons. The van der Waals surface area contributed by atoms with Gasteiger partial charge in [0.15, 0.2) is 12.2 Å². The summed E-state index contributed by atoms with van der Waals surface area (Å²) in [6.07, 6.45) is 3.78. The zero-order valence-electron chi connectivity index (χ0n) is 17.5. The van der Waals surface area contributed by atoms with Crippen LogP contribution in [0.25, 0.3) is 0 Å². The molecule has 1 aromatic carbocycles. The normalized spacial score (nSPS) is 21.1. The quantitative estimate of drug-likeness (QED) is 0.436. The molecule has 1 fully saturated rings. The molecule has 3 atom stereocenters. The number of methoxy groups -OCH3 is 1. The number of carboxylic acid groups (broad SMARTS) is 1. The summed E-state index contributed by atoms with van der Waals surface area (Å²) < 4.78 is 71.1. The van der Waals surface area contributed by atoms with Gasteiger partial charge in [0.05, 0.1) is 12.6 Å². The van der Waals surface area contributed by atoms with Gasteiger partial charge >= 0.3 is 16.2 Å². The fourth-order valence-corrected chi connectivity index (χ4v) is 4.33. The number of nitrogens with zero attached hydrogens (tertiary/aromatic N) is 4. The molecular formula is C20H19F5N4O4S. The molecule has 0 aliphatic carbocycles. The summed E-state index contributed by atoms with van der Waals surface area (Å²) in [7, 11) is -8.64. The van der Waals surface area contributed by atoms with Crippen molar-refractivity contribution >= 4 is 27.8 Å². The van der Waals surface area contributed by atoms with E-state index in [2.05, 4.69) is 4.98 Å². The second-order valence-corrected chi connectivity index (χ2v) is 9.97. The van der Waals surface area contributed by atoms with E-state index in [0.29, 0.717) is 17.0 Å². The number of amides is 1. The third-order valence-electron chi connectivity index (χ3n) is 5.30. The summed E-state index contributed by atoms with van der Waals surface area (Å²) in [6, 6.07) is 1.14. The van der Waals surface area contributed by atoms with Gasteiger partial charge in [0, 0.05) is 37.2 Å². The maximum atomic E-state index is 13.5. The average Bonchev–Trinajstić information content (AvgIpc) is 3.19. The Labute approximate surface area is 190 Å². The van der Waals surface area contributed by atoms with E-state index < -0.39 is 45.2 Å². The number of aliphatic carboxylic acids is 1. The highest BCUT2D eigenvalue weighted by atomic mass is 32.5. The second kappa shape index (κ2) is 8.10. The molecule has 1 aromatic heterocycles. The highest BCUT2D eigenvalue weighted by Crippen LogP contribution is 3.02. The van der Waals surface area contributed by atoms with Crippen LogP contribution in [0.2, 0.25) is 0 Å². The Hall–Kier alpha value is -3.44. The Morgan fingerprint density at radius 1 is 1.24 bits per heavy atom. The molecule has 1 unspecified atom stereocenters. The summed E-state index contributed by atoms with van der Waals surface area (Å²) in [5.41, 5.74) is -0.379. The van der Waals surface area contributed by atoms with Crippen molar-refractivity contribution in [1.29, 1.82) is 5.26 Å². The lowest BCUT2D eigenvalue weighted by Crippen LogP contribution is -2.48. The molecule has 1 saturated heterocycles. The van der Waals surface area contributed by atoms with Gasteiger partial charge < -0.3 is 9.84 Å². The molecule has 34 heavy (non-hydrogen) atoms. The number of likely N-dealkylation sites (tertiary alicyclic amines) is 1. The number of carboxylic acids is 1. The number of hydrogen-bond acceptors (Lipinski definition) is 6. The van der Waals surface area contributed by atoms with Gasteiger partial charge in [-0.3, -0.25) is 19.6 Å². The molecule has 0 radical (unpaired) electrons. The Morgan fingerprint density at radius 3 is 2.35 bits per heavy atom. The van der Waals surface area contributed by atoms with Crippen molar-refractivity contribution in [2.75, 3.05) is 18.6 Å². The van der Waals surface area contributed by atoms with E-state index in [9.17, 15) is 39.4 Å². The van der Waals surface area contributed by atoms with Gasteiger partial charge in [0.1, 0.15) is 10.9 Å². The minimum absolute atomic E-state index is 0.00230. The molecule has 3 rings (SSSR count). The number of benzene rings is 1. The zero-order valence-corrected chi connectivity index (χ0v) is 18.3. The first-order valence-electron chi connectivity index (χ1n) is 9.65. The third-order valence-corrected chi connectivity index (χ3v) is 6.46. The number of hydrogen-bond donors (Lipinski definition) is 1. The Balaban J connectivity index is 2.14. The van der Waals surface area contributed by atoms with Crippen LogP contribution in [-0.4, -0.2) is 52.7 Å². The summed E-state index contributed by atoms with van der Waals surface area (Å²) in [4.78, 5) is 29.1. The summed E-state index contributed by atoms with van der Waals surface area (Å²) in [5.74, 6) is -2.49.